The topological polar surface area (TPSA) is 37.3 Å². The van der Waals surface area contributed by atoms with E-state index in [-0.39, 0.29) is 5.92 Å². The second kappa shape index (κ2) is 2.83. The van der Waals surface area contributed by atoms with E-state index in [1.54, 1.807) is 6.07 Å². The minimum Gasteiger partial charge on any atom is -0.504 e. The molecule has 2 nitrogen and oxygen atoms in total. The molecule has 1 aromatic rings. The Bertz CT molecular complexity index is 397. The Labute approximate surface area is 74.7 Å². The van der Waals surface area contributed by atoms with Crippen molar-refractivity contribution in [2.24, 2.45) is 0 Å². The highest BCUT2D eigenvalue weighted by atomic mass is 19.1. The van der Waals surface area contributed by atoms with Gasteiger partial charge in [0.1, 0.15) is 0 Å². The van der Waals surface area contributed by atoms with E-state index in [1.165, 1.54) is 6.07 Å². The van der Waals surface area contributed by atoms with Crippen molar-refractivity contribution >= 4 is 0 Å². The van der Waals surface area contributed by atoms with Crippen LogP contribution in [0.1, 0.15) is 24.3 Å². The second-order valence-corrected chi connectivity index (χ2v) is 3.28. The Balaban J connectivity index is 2.66. The van der Waals surface area contributed by atoms with Gasteiger partial charge < -0.3 is 5.11 Å². The smallest absolute Gasteiger partial charge is 0.255 e. The van der Waals surface area contributed by atoms with Gasteiger partial charge >= 0.3 is 0 Å². The van der Waals surface area contributed by atoms with E-state index >= 15 is 0 Å². The number of halogens is 1. The first-order valence-electron chi connectivity index (χ1n) is 4.22. The second-order valence-electron chi connectivity index (χ2n) is 3.28. The molecule has 0 amide bonds. The van der Waals surface area contributed by atoms with Crippen LogP contribution in [0.15, 0.2) is 23.0 Å². The minimum atomic E-state index is -0.899. The highest BCUT2D eigenvalue weighted by Gasteiger charge is 2.27. The standard InChI is InChI=1S/C10H9FO2/c11-8-3-1-2-7(6-4-5-6)9(12)10(8)13/h1-3,6H,4-5H2,(H,12,13). The molecule has 0 unspecified atom stereocenters. The third-order valence-corrected chi connectivity index (χ3v) is 2.24. The van der Waals surface area contributed by atoms with E-state index in [0.717, 1.165) is 18.9 Å². The van der Waals surface area contributed by atoms with Crippen LogP contribution >= 0.6 is 0 Å². The molecule has 0 spiro atoms. The summed E-state index contributed by atoms with van der Waals surface area (Å²) in [5.41, 5.74) is -0.319. The Morgan fingerprint density at radius 3 is 2.69 bits per heavy atom. The Morgan fingerprint density at radius 2 is 2.08 bits per heavy atom. The molecule has 0 radical (unpaired) electrons. The zero-order valence-electron chi connectivity index (χ0n) is 6.96. The summed E-state index contributed by atoms with van der Waals surface area (Å²) in [6.45, 7) is 0. The summed E-state index contributed by atoms with van der Waals surface area (Å²) in [6, 6.07) is 4.15. The van der Waals surface area contributed by atoms with Crippen LogP contribution in [0.3, 0.4) is 0 Å². The van der Waals surface area contributed by atoms with Gasteiger partial charge in [-0.1, -0.05) is 12.1 Å². The maximum absolute atomic E-state index is 12.8. The van der Waals surface area contributed by atoms with E-state index in [0.29, 0.717) is 5.56 Å². The normalized spacial score (nSPS) is 15.8. The van der Waals surface area contributed by atoms with Crippen LogP contribution in [0.4, 0.5) is 4.39 Å². The number of hydrogen-bond acceptors (Lipinski definition) is 2. The molecule has 0 aromatic heterocycles. The van der Waals surface area contributed by atoms with E-state index in [2.05, 4.69) is 0 Å². The molecule has 0 heterocycles. The molecule has 1 aromatic carbocycles. The molecule has 0 aliphatic heterocycles. The fraction of sp³-hybridized carbons (Fsp3) is 0.300. The van der Waals surface area contributed by atoms with Crippen molar-refractivity contribution in [1.82, 2.24) is 0 Å². The molecule has 68 valence electrons. The van der Waals surface area contributed by atoms with Crippen molar-refractivity contribution in [1.29, 1.82) is 0 Å². The maximum atomic E-state index is 12.8. The largest absolute Gasteiger partial charge is 0.504 e. The molecule has 3 heteroatoms. The monoisotopic (exact) mass is 180 g/mol. The first-order valence-corrected chi connectivity index (χ1v) is 4.22. The van der Waals surface area contributed by atoms with Gasteiger partial charge in [0.25, 0.3) is 5.43 Å². The van der Waals surface area contributed by atoms with Gasteiger partial charge in [-0.3, -0.25) is 4.79 Å². The molecular weight excluding hydrogens is 171 g/mol. The van der Waals surface area contributed by atoms with Gasteiger partial charge in [-0.05, 0) is 24.8 Å². The van der Waals surface area contributed by atoms with Crippen molar-refractivity contribution in [2.75, 3.05) is 0 Å². The van der Waals surface area contributed by atoms with Gasteiger partial charge in [0.2, 0.25) is 0 Å². The zero-order valence-corrected chi connectivity index (χ0v) is 6.96. The van der Waals surface area contributed by atoms with Crippen molar-refractivity contribution in [2.45, 2.75) is 18.8 Å². The zero-order chi connectivity index (χ0) is 9.42. The third-order valence-electron chi connectivity index (χ3n) is 2.24. The summed E-state index contributed by atoms with van der Waals surface area (Å²) in [6.07, 6.45) is 1.94. The lowest BCUT2D eigenvalue weighted by atomic mass is 10.2. The molecule has 0 atom stereocenters. The highest BCUT2D eigenvalue weighted by molar-refractivity contribution is 5.36. The lowest BCUT2D eigenvalue weighted by molar-refractivity contribution is 0.457. The fourth-order valence-electron chi connectivity index (χ4n) is 1.36. The average molecular weight is 180 g/mol. The minimum absolute atomic E-state index is 0.250. The van der Waals surface area contributed by atoms with Gasteiger partial charge in [-0.2, -0.15) is 0 Å². The first-order chi connectivity index (χ1) is 6.20. The van der Waals surface area contributed by atoms with E-state index < -0.39 is 17.0 Å². The van der Waals surface area contributed by atoms with Crippen LogP contribution in [0.2, 0.25) is 0 Å². The molecule has 2 rings (SSSR count). The van der Waals surface area contributed by atoms with E-state index in [9.17, 15) is 14.3 Å². The predicted molar refractivity (Wildman–Crippen MR) is 46.3 cm³/mol. The van der Waals surface area contributed by atoms with Crippen LogP contribution in [0.5, 0.6) is 5.75 Å². The summed E-state index contributed by atoms with van der Waals surface area (Å²) in [4.78, 5) is 11.1. The van der Waals surface area contributed by atoms with Crippen molar-refractivity contribution in [3.05, 3.63) is 39.8 Å². The summed E-state index contributed by atoms with van der Waals surface area (Å²) in [5, 5.41) is 9.40. The molecule has 1 saturated carbocycles. The quantitative estimate of drug-likeness (QED) is 0.715. The lowest BCUT2D eigenvalue weighted by Crippen LogP contribution is -2.02. The first kappa shape index (κ1) is 8.23. The summed E-state index contributed by atoms with van der Waals surface area (Å²) < 4.78 is 12.8. The van der Waals surface area contributed by atoms with Crippen LogP contribution < -0.4 is 5.43 Å². The number of hydrogen-bond donors (Lipinski definition) is 1. The van der Waals surface area contributed by atoms with Crippen LogP contribution in [-0.4, -0.2) is 5.11 Å². The molecule has 1 N–H and O–H groups in total. The summed E-state index contributed by atoms with van der Waals surface area (Å²) >= 11 is 0. The van der Waals surface area contributed by atoms with Crippen molar-refractivity contribution in [3.8, 4) is 5.75 Å². The molecular formula is C10H9FO2. The SMILES string of the molecule is O=c1c(F)cccc(C2CC2)c1O. The third kappa shape index (κ3) is 1.41. The molecule has 0 saturated heterocycles. The van der Waals surface area contributed by atoms with Gasteiger partial charge in [0.15, 0.2) is 11.6 Å². The van der Waals surface area contributed by atoms with Gasteiger partial charge in [-0.15, -0.1) is 0 Å². The number of rotatable bonds is 1. The fourth-order valence-corrected chi connectivity index (χ4v) is 1.36. The van der Waals surface area contributed by atoms with E-state index in [1.807, 2.05) is 0 Å². The molecule has 1 aliphatic rings. The molecule has 1 aliphatic carbocycles. The Hall–Kier alpha value is -1.38. The highest BCUT2D eigenvalue weighted by Crippen LogP contribution is 2.42. The molecule has 13 heavy (non-hydrogen) atoms. The van der Waals surface area contributed by atoms with Crippen LogP contribution in [-0.2, 0) is 0 Å². The Kier molecular flexibility index (Phi) is 1.79. The van der Waals surface area contributed by atoms with Crippen LogP contribution in [0, 0.1) is 5.82 Å². The van der Waals surface area contributed by atoms with Crippen molar-refractivity contribution in [3.63, 3.8) is 0 Å². The van der Waals surface area contributed by atoms with Gasteiger partial charge in [0.05, 0.1) is 0 Å². The molecule has 1 fully saturated rings. The maximum Gasteiger partial charge on any atom is 0.255 e. The van der Waals surface area contributed by atoms with Crippen molar-refractivity contribution < 1.29 is 9.50 Å². The number of aromatic hydroxyl groups is 1. The lowest BCUT2D eigenvalue weighted by Gasteiger charge is -1.94. The average Bonchev–Trinajstić information content (AvgIpc) is 2.91. The Morgan fingerprint density at radius 1 is 1.38 bits per heavy atom. The van der Waals surface area contributed by atoms with Gasteiger partial charge in [0, 0.05) is 5.56 Å². The predicted octanol–water partition coefficient (Wildman–Crippen LogP) is 1.77. The molecule has 0 bridgehead atoms. The summed E-state index contributed by atoms with van der Waals surface area (Å²) in [7, 11) is 0. The van der Waals surface area contributed by atoms with Gasteiger partial charge in [-0.25, -0.2) is 4.39 Å². The summed E-state index contributed by atoms with van der Waals surface area (Å²) in [5.74, 6) is -1.08. The van der Waals surface area contributed by atoms with Crippen LogP contribution in [0.25, 0.3) is 0 Å². The van der Waals surface area contributed by atoms with E-state index in [4.69, 9.17) is 0 Å².